The quantitative estimate of drug-likeness (QED) is 0.628. The van der Waals surface area contributed by atoms with Crippen molar-refractivity contribution < 1.29 is 19.8 Å². The molecule has 0 spiro atoms. The van der Waals surface area contributed by atoms with Gasteiger partial charge in [-0.1, -0.05) is 67.6 Å². The van der Waals surface area contributed by atoms with Crippen LogP contribution in [0.5, 0.6) is 0 Å². The summed E-state index contributed by atoms with van der Waals surface area (Å²) in [5, 5.41) is 19.5. The van der Waals surface area contributed by atoms with Crippen LogP contribution in [-0.2, 0) is 15.0 Å². The molecule has 0 saturated heterocycles. The smallest absolute Gasteiger partial charge is 0.325 e. The normalized spacial score (nSPS) is 21.7. The molecule has 1 unspecified atom stereocenters. The van der Waals surface area contributed by atoms with E-state index in [0.29, 0.717) is 12.0 Å². The Bertz CT molecular complexity index is 868. The average Bonchev–Trinajstić information content (AvgIpc) is 2.64. The van der Waals surface area contributed by atoms with Crippen LogP contribution in [0.25, 0.3) is 11.1 Å². The molecule has 0 saturated carbocycles. The second-order valence-electron chi connectivity index (χ2n) is 7.26. The number of hydrogen-bond acceptors (Lipinski definition) is 2. The topological polar surface area (TPSA) is 74.6 Å². The van der Waals surface area contributed by atoms with Crippen LogP contribution in [0.15, 0.2) is 66.2 Å². The molecule has 2 N–H and O–H groups in total. The summed E-state index contributed by atoms with van der Waals surface area (Å²) >= 11 is 0. The minimum absolute atomic E-state index is 0.0246. The van der Waals surface area contributed by atoms with Gasteiger partial charge in [0, 0.05) is 0 Å². The van der Waals surface area contributed by atoms with Crippen LogP contribution in [-0.4, -0.2) is 22.2 Å². The van der Waals surface area contributed by atoms with E-state index in [9.17, 15) is 19.8 Å². The van der Waals surface area contributed by atoms with Crippen molar-refractivity contribution in [2.75, 3.05) is 0 Å². The number of carbonyl (C=O) groups is 2. The first-order valence-corrected chi connectivity index (χ1v) is 8.60. The molecule has 4 heteroatoms. The van der Waals surface area contributed by atoms with Gasteiger partial charge in [-0.15, -0.1) is 0 Å². The molecule has 1 aliphatic carbocycles. The number of carboxylic acid groups (broad SMARTS) is 2. The molecule has 4 nitrogen and oxygen atoms in total. The summed E-state index contributed by atoms with van der Waals surface area (Å²) < 4.78 is 0. The van der Waals surface area contributed by atoms with Crippen molar-refractivity contribution in [2.45, 2.75) is 32.1 Å². The maximum absolute atomic E-state index is 12.0. The lowest BCUT2D eigenvalue weighted by Gasteiger charge is -2.42. The minimum Gasteiger partial charge on any atom is -0.480 e. The zero-order valence-corrected chi connectivity index (χ0v) is 14.9. The first-order valence-electron chi connectivity index (χ1n) is 8.60. The molecule has 0 amide bonds. The fourth-order valence-electron chi connectivity index (χ4n) is 4.01. The van der Waals surface area contributed by atoms with Gasteiger partial charge in [-0.2, -0.15) is 0 Å². The Labute approximate surface area is 152 Å². The van der Waals surface area contributed by atoms with E-state index in [1.807, 2.05) is 61.5 Å². The third kappa shape index (κ3) is 2.71. The summed E-state index contributed by atoms with van der Waals surface area (Å²) in [7, 11) is 0. The first kappa shape index (κ1) is 17.9. The fourth-order valence-corrected chi connectivity index (χ4v) is 4.01. The van der Waals surface area contributed by atoms with E-state index in [1.165, 1.54) is 0 Å². The zero-order chi connectivity index (χ0) is 18.9. The average molecular weight is 350 g/mol. The molecule has 1 aliphatic rings. The summed E-state index contributed by atoms with van der Waals surface area (Å²) in [6.07, 6.45) is 2.40. The van der Waals surface area contributed by atoms with Crippen LogP contribution in [0.4, 0.5) is 0 Å². The summed E-state index contributed by atoms with van der Waals surface area (Å²) in [5.41, 5.74) is 0.925. The molecule has 134 valence electrons. The predicted octanol–water partition coefficient (Wildman–Crippen LogP) is 4.51. The van der Waals surface area contributed by atoms with Gasteiger partial charge in [0.1, 0.15) is 0 Å². The maximum atomic E-state index is 12.0. The molecule has 3 rings (SSSR count). The highest BCUT2D eigenvalue weighted by Gasteiger charge is 2.54. The summed E-state index contributed by atoms with van der Waals surface area (Å²) in [6, 6.07) is 17.7. The highest BCUT2D eigenvalue weighted by Crippen LogP contribution is 2.50. The Balaban J connectivity index is 2.17. The third-order valence-corrected chi connectivity index (χ3v) is 5.58. The van der Waals surface area contributed by atoms with Gasteiger partial charge in [-0.25, -0.2) is 0 Å². The van der Waals surface area contributed by atoms with Gasteiger partial charge in [0.05, 0.1) is 0 Å². The summed E-state index contributed by atoms with van der Waals surface area (Å²) in [4.78, 5) is 24.0. The van der Waals surface area contributed by atoms with E-state index in [2.05, 4.69) is 0 Å². The van der Waals surface area contributed by atoms with Crippen molar-refractivity contribution in [1.82, 2.24) is 0 Å². The van der Waals surface area contributed by atoms with Gasteiger partial charge < -0.3 is 10.2 Å². The Morgan fingerprint density at radius 2 is 1.50 bits per heavy atom. The fraction of sp³-hybridized carbons (Fsp3) is 0.273. The van der Waals surface area contributed by atoms with Crippen molar-refractivity contribution in [1.29, 1.82) is 0 Å². The number of hydrogen-bond donors (Lipinski definition) is 2. The van der Waals surface area contributed by atoms with E-state index < -0.39 is 22.8 Å². The zero-order valence-electron chi connectivity index (χ0n) is 14.9. The van der Waals surface area contributed by atoms with Crippen LogP contribution in [0.3, 0.4) is 0 Å². The standard InChI is InChI=1S/C22H22O4/c1-15-12-13-21(2,14-22(15,19(23)24)20(25)26)18-11-7-6-10-17(18)16-8-4-3-5-9-16/h3-12H,13-14H2,1-2H3,(H,23,24)(H,25,26). The first-order chi connectivity index (χ1) is 12.3. The van der Waals surface area contributed by atoms with Crippen LogP contribution in [0.2, 0.25) is 0 Å². The molecule has 0 fully saturated rings. The Morgan fingerprint density at radius 1 is 0.923 bits per heavy atom. The molecule has 0 bridgehead atoms. The van der Waals surface area contributed by atoms with E-state index in [4.69, 9.17) is 0 Å². The highest BCUT2D eigenvalue weighted by molar-refractivity contribution is 6.02. The van der Waals surface area contributed by atoms with Gasteiger partial charge in [0.25, 0.3) is 0 Å². The lowest BCUT2D eigenvalue weighted by molar-refractivity contribution is -0.163. The highest BCUT2D eigenvalue weighted by atomic mass is 16.4. The molecule has 1 atom stereocenters. The number of benzene rings is 2. The van der Waals surface area contributed by atoms with Crippen molar-refractivity contribution in [2.24, 2.45) is 5.41 Å². The monoisotopic (exact) mass is 350 g/mol. The van der Waals surface area contributed by atoms with E-state index in [1.54, 1.807) is 13.0 Å². The lowest BCUT2D eigenvalue weighted by Crippen LogP contribution is -2.48. The van der Waals surface area contributed by atoms with Gasteiger partial charge >= 0.3 is 11.9 Å². The number of carboxylic acids is 2. The second kappa shape index (κ2) is 6.45. The Morgan fingerprint density at radius 3 is 2.12 bits per heavy atom. The number of allylic oxidation sites excluding steroid dienone is 1. The van der Waals surface area contributed by atoms with Crippen LogP contribution in [0, 0.1) is 5.41 Å². The molecule has 0 aromatic heterocycles. The number of rotatable bonds is 4. The largest absolute Gasteiger partial charge is 0.480 e. The van der Waals surface area contributed by atoms with Crippen molar-refractivity contribution in [3.05, 3.63) is 71.8 Å². The molecule has 0 heterocycles. The van der Waals surface area contributed by atoms with Crippen LogP contribution >= 0.6 is 0 Å². The van der Waals surface area contributed by atoms with E-state index in [-0.39, 0.29) is 6.42 Å². The molecule has 26 heavy (non-hydrogen) atoms. The minimum atomic E-state index is -1.89. The van der Waals surface area contributed by atoms with Gasteiger partial charge in [-0.05, 0) is 47.4 Å². The van der Waals surface area contributed by atoms with Crippen LogP contribution in [0.1, 0.15) is 32.3 Å². The molecule has 0 aliphatic heterocycles. The number of aliphatic carboxylic acids is 2. The van der Waals surface area contributed by atoms with Crippen molar-refractivity contribution in [3.63, 3.8) is 0 Å². The van der Waals surface area contributed by atoms with E-state index in [0.717, 1.165) is 16.7 Å². The third-order valence-electron chi connectivity index (χ3n) is 5.58. The molecular formula is C22H22O4. The van der Waals surface area contributed by atoms with Crippen LogP contribution < -0.4 is 0 Å². The SMILES string of the molecule is CC1=CCC(C)(c2ccccc2-c2ccccc2)CC1(C(=O)O)C(=O)O. The van der Waals surface area contributed by atoms with Gasteiger partial charge in [-0.3, -0.25) is 9.59 Å². The molecule has 0 radical (unpaired) electrons. The lowest BCUT2D eigenvalue weighted by atomic mass is 9.59. The Kier molecular flexibility index (Phi) is 4.45. The summed E-state index contributed by atoms with van der Waals surface area (Å²) in [5.74, 6) is -2.61. The van der Waals surface area contributed by atoms with Gasteiger partial charge in [0.2, 0.25) is 0 Å². The molecular weight excluding hydrogens is 328 g/mol. The van der Waals surface area contributed by atoms with Crippen molar-refractivity contribution in [3.8, 4) is 11.1 Å². The predicted molar refractivity (Wildman–Crippen MR) is 99.9 cm³/mol. The molecule has 2 aromatic rings. The summed E-state index contributed by atoms with van der Waals surface area (Å²) in [6.45, 7) is 3.56. The maximum Gasteiger partial charge on any atom is 0.325 e. The molecule has 2 aromatic carbocycles. The van der Waals surface area contributed by atoms with E-state index >= 15 is 0 Å². The van der Waals surface area contributed by atoms with Crippen molar-refractivity contribution >= 4 is 11.9 Å². The van der Waals surface area contributed by atoms with Gasteiger partial charge in [0.15, 0.2) is 5.41 Å². The Hall–Kier alpha value is -2.88. The second-order valence-corrected chi connectivity index (χ2v) is 7.26.